The van der Waals surface area contributed by atoms with E-state index in [1.807, 2.05) is 13.0 Å². The summed E-state index contributed by atoms with van der Waals surface area (Å²) < 4.78 is 5.53. The number of hydrogen-bond donors (Lipinski definition) is 1. The SMILES string of the molecule is COc1c(CCCl)cc(Cl)c(C)c1C1CN(C(=O)O)C1. The molecule has 20 heavy (non-hydrogen) atoms. The molecule has 0 atom stereocenters. The van der Waals surface area contributed by atoms with E-state index in [1.54, 1.807) is 7.11 Å². The predicted molar refractivity (Wildman–Crippen MR) is 79.5 cm³/mol. The zero-order chi connectivity index (χ0) is 14.9. The molecule has 1 amide bonds. The summed E-state index contributed by atoms with van der Waals surface area (Å²) in [5, 5.41) is 9.61. The summed E-state index contributed by atoms with van der Waals surface area (Å²) in [6, 6.07) is 1.88. The third-order valence-electron chi connectivity index (χ3n) is 3.73. The summed E-state index contributed by atoms with van der Waals surface area (Å²) in [5.41, 5.74) is 2.94. The zero-order valence-electron chi connectivity index (χ0n) is 11.4. The van der Waals surface area contributed by atoms with Crippen LogP contribution in [0.2, 0.25) is 5.02 Å². The Morgan fingerprint density at radius 2 is 2.20 bits per heavy atom. The Morgan fingerprint density at radius 1 is 1.55 bits per heavy atom. The van der Waals surface area contributed by atoms with E-state index < -0.39 is 6.09 Å². The monoisotopic (exact) mass is 317 g/mol. The number of hydrogen-bond acceptors (Lipinski definition) is 2. The lowest BCUT2D eigenvalue weighted by molar-refractivity contribution is 0.104. The van der Waals surface area contributed by atoms with E-state index in [2.05, 4.69) is 0 Å². The first-order valence-corrected chi connectivity index (χ1v) is 7.30. The summed E-state index contributed by atoms with van der Waals surface area (Å²) in [6.45, 7) is 2.90. The molecule has 0 aromatic heterocycles. The second kappa shape index (κ2) is 6.10. The molecule has 1 aliphatic heterocycles. The van der Waals surface area contributed by atoms with Gasteiger partial charge >= 0.3 is 6.09 Å². The number of methoxy groups -OCH3 is 1. The largest absolute Gasteiger partial charge is 0.496 e. The molecule has 1 N–H and O–H groups in total. The number of nitrogens with zero attached hydrogens (tertiary/aromatic N) is 1. The van der Waals surface area contributed by atoms with E-state index in [4.69, 9.17) is 33.0 Å². The number of amides is 1. The fraction of sp³-hybridized carbons (Fsp3) is 0.500. The van der Waals surface area contributed by atoms with Crippen LogP contribution < -0.4 is 4.74 Å². The highest BCUT2D eigenvalue weighted by molar-refractivity contribution is 6.31. The number of alkyl halides is 1. The van der Waals surface area contributed by atoms with Crippen molar-refractivity contribution in [3.05, 3.63) is 27.8 Å². The topological polar surface area (TPSA) is 49.8 Å². The minimum absolute atomic E-state index is 0.133. The molecule has 1 aromatic rings. The van der Waals surface area contributed by atoms with Crippen molar-refractivity contribution >= 4 is 29.3 Å². The van der Waals surface area contributed by atoms with Crippen LogP contribution in [0.15, 0.2) is 6.07 Å². The molecule has 0 spiro atoms. The number of ether oxygens (including phenoxy) is 1. The number of benzene rings is 1. The third kappa shape index (κ3) is 2.67. The molecular formula is C14H17Cl2NO3. The Morgan fingerprint density at radius 3 is 2.70 bits per heavy atom. The van der Waals surface area contributed by atoms with Crippen molar-refractivity contribution in [1.82, 2.24) is 4.90 Å². The first-order valence-electron chi connectivity index (χ1n) is 6.39. The Kier molecular flexibility index (Phi) is 4.66. The van der Waals surface area contributed by atoms with Gasteiger partial charge in [-0.25, -0.2) is 4.79 Å². The average Bonchev–Trinajstić information content (AvgIpc) is 2.33. The van der Waals surface area contributed by atoms with Gasteiger partial charge < -0.3 is 14.7 Å². The van der Waals surface area contributed by atoms with Gasteiger partial charge in [-0.3, -0.25) is 0 Å². The number of carboxylic acid groups (broad SMARTS) is 1. The van der Waals surface area contributed by atoms with Gasteiger partial charge in [-0.15, -0.1) is 11.6 Å². The van der Waals surface area contributed by atoms with Gasteiger partial charge in [-0.1, -0.05) is 11.6 Å². The number of carbonyl (C=O) groups is 1. The summed E-state index contributed by atoms with van der Waals surface area (Å²) >= 11 is 12.1. The van der Waals surface area contributed by atoms with Gasteiger partial charge in [0.05, 0.1) is 7.11 Å². The van der Waals surface area contributed by atoms with Gasteiger partial charge in [-0.05, 0) is 30.5 Å². The van der Waals surface area contributed by atoms with Crippen LogP contribution in [0.3, 0.4) is 0 Å². The molecule has 0 saturated carbocycles. The Labute approximate surface area is 128 Å². The second-order valence-electron chi connectivity index (χ2n) is 4.91. The van der Waals surface area contributed by atoms with Crippen LogP contribution in [0.5, 0.6) is 5.75 Å². The van der Waals surface area contributed by atoms with E-state index in [1.165, 1.54) is 4.90 Å². The normalized spacial score (nSPS) is 15.1. The summed E-state index contributed by atoms with van der Waals surface area (Å²) in [6.07, 6.45) is -0.214. The van der Waals surface area contributed by atoms with E-state index in [9.17, 15) is 4.79 Å². The van der Waals surface area contributed by atoms with Gasteiger partial charge in [0, 0.05) is 35.5 Å². The molecule has 1 aromatic carbocycles. The minimum Gasteiger partial charge on any atom is -0.496 e. The van der Waals surface area contributed by atoms with Crippen LogP contribution in [0, 0.1) is 6.92 Å². The molecule has 1 aliphatic rings. The lowest BCUT2D eigenvalue weighted by Crippen LogP contribution is -2.48. The summed E-state index contributed by atoms with van der Waals surface area (Å²) in [4.78, 5) is 12.3. The molecule has 0 radical (unpaired) electrons. The van der Waals surface area contributed by atoms with Crippen LogP contribution in [-0.2, 0) is 6.42 Å². The number of aryl methyl sites for hydroxylation is 1. The molecule has 0 unspecified atom stereocenters. The first-order chi connectivity index (χ1) is 9.49. The van der Waals surface area contributed by atoms with E-state index >= 15 is 0 Å². The third-order valence-corrected chi connectivity index (χ3v) is 4.31. The lowest BCUT2D eigenvalue weighted by atomic mass is 9.86. The molecule has 0 bridgehead atoms. The maximum Gasteiger partial charge on any atom is 0.407 e. The van der Waals surface area contributed by atoms with Crippen molar-refractivity contribution in [3.8, 4) is 5.75 Å². The summed E-state index contributed by atoms with van der Waals surface area (Å²) in [7, 11) is 1.62. The van der Waals surface area contributed by atoms with Crippen molar-refractivity contribution in [2.24, 2.45) is 0 Å². The standard InChI is InChI=1S/C14H17Cl2NO3/c1-8-11(16)5-9(3-4-15)13(20-2)12(8)10-6-17(7-10)14(18)19/h5,10H,3-4,6-7H2,1-2H3,(H,18,19). The Bertz CT molecular complexity index is 528. The van der Waals surface area contributed by atoms with E-state index in [0.717, 1.165) is 22.4 Å². The van der Waals surface area contributed by atoms with Crippen molar-refractivity contribution in [2.45, 2.75) is 19.3 Å². The molecule has 4 nitrogen and oxygen atoms in total. The smallest absolute Gasteiger partial charge is 0.407 e. The average molecular weight is 318 g/mol. The quantitative estimate of drug-likeness (QED) is 0.864. The zero-order valence-corrected chi connectivity index (χ0v) is 13.0. The number of likely N-dealkylation sites (tertiary alicyclic amines) is 1. The number of rotatable bonds is 4. The van der Waals surface area contributed by atoms with Gasteiger partial charge in [0.25, 0.3) is 0 Å². The van der Waals surface area contributed by atoms with Crippen molar-refractivity contribution in [3.63, 3.8) is 0 Å². The predicted octanol–water partition coefficient (Wildman–Crippen LogP) is 3.52. The van der Waals surface area contributed by atoms with Crippen LogP contribution in [0.25, 0.3) is 0 Å². The molecule has 1 fully saturated rings. The van der Waals surface area contributed by atoms with Gasteiger partial charge in [0.15, 0.2) is 0 Å². The highest BCUT2D eigenvalue weighted by Gasteiger charge is 2.35. The van der Waals surface area contributed by atoms with Crippen LogP contribution in [-0.4, -0.2) is 42.2 Å². The van der Waals surface area contributed by atoms with Crippen molar-refractivity contribution < 1.29 is 14.6 Å². The maximum absolute atomic E-state index is 10.9. The highest BCUT2D eigenvalue weighted by Crippen LogP contribution is 2.41. The molecule has 6 heteroatoms. The molecule has 2 rings (SSSR count). The summed E-state index contributed by atoms with van der Waals surface area (Å²) in [5.74, 6) is 1.41. The highest BCUT2D eigenvalue weighted by atomic mass is 35.5. The van der Waals surface area contributed by atoms with Gasteiger partial charge in [-0.2, -0.15) is 0 Å². The van der Waals surface area contributed by atoms with Crippen LogP contribution >= 0.6 is 23.2 Å². The number of halogens is 2. The van der Waals surface area contributed by atoms with Crippen LogP contribution in [0.1, 0.15) is 22.6 Å². The lowest BCUT2D eigenvalue weighted by Gasteiger charge is -2.39. The minimum atomic E-state index is -0.888. The van der Waals surface area contributed by atoms with Gasteiger partial charge in [0.1, 0.15) is 5.75 Å². The van der Waals surface area contributed by atoms with Gasteiger partial charge in [0.2, 0.25) is 0 Å². The van der Waals surface area contributed by atoms with Crippen LogP contribution in [0.4, 0.5) is 4.79 Å². The molecular weight excluding hydrogens is 301 g/mol. The fourth-order valence-corrected chi connectivity index (χ4v) is 3.07. The van der Waals surface area contributed by atoms with Crippen molar-refractivity contribution in [1.29, 1.82) is 0 Å². The molecule has 0 aliphatic carbocycles. The molecule has 110 valence electrons. The second-order valence-corrected chi connectivity index (χ2v) is 5.70. The van der Waals surface area contributed by atoms with E-state index in [-0.39, 0.29) is 5.92 Å². The maximum atomic E-state index is 10.9. The van der Waals surface area contributed by atoms with E-state index in [0.29, 0.717) is 30.4 Å². The van der Waals surface area contributed by atoms with Crippen molar-refractivity contribution in [2.75, 3.05) is 26.1 Å². The Balaban J connectivity index is 2.38. The molecule has 1 saturated heterocycles. The Hall–Kier alpha value is -1.13. The first kappa shape index (κ1) is 15.3. The molecule has 1 heterocycles. The fourth-order valence-electron chi connectivity index (χ4n) is 2.64.